The average Bonchev–Trinajstić information content (AvgIpc) is 3.04. The smallest absolute Gasteiger partial charge is 0.290 e. The molecule has 1 aromatic heterocycles. The van der Waals surface area contributed by atoms with Gasteiger partial charge in [0.25, 0.3) is 5.91 Å². The minimum atomic E-state index is -0.178. The Hall–Kier alpha value is -1.39. The maximum Gasteiger partial charge on any atom is 0.290 e. The van der Waals surface area contributed by atoms with Gasteiger partial charge in [0.1, 0.15) is 5.82 Å². The van der Waals surface area contributed by atoms with E-state index in [1.54, 1.807) is 0 Å². The Morgan fingerprint density at radius 1 is 1.35 bits per heavy atom. The number of carbonyl (C=O) groups excluding carboxylic acids is 1. The van der Waals surface area contributed by atoms with Crippen molar-refractivity contribution in [2.24, 2.45) is 5.92 Å². The lowest BCUT2D eigenvalue weighted by atomic mass is 9.96. The fourth-order valence-corrected chi connectivity index (χ4v) is 2.67. The fraction of sp³-hybridized carbons (Fsp3) is 0.800. The average molecular weight is 278 g/mol. The minimum Gasteiger partial charge on any atom is -0.349 e. The molecule has 1 heterocycles. The zero-order chi connectivity index (χ0) is 14.6. The highest BCUT2D eigenvalue weighted by molar-refractivity contribution is 5.90. The van der Waals surface area contributed by atoms with Crippen LogP contribution in [0.2, 0.25) is 0 Å². The van der Waals surface area contributed by atoms with Crippen LogP contribution in [0.25, 0.3) is 0 Å². The maximum absolute atomic E-state index is 11.9. The van der Waals surface area contributed by atoms with Crippen molar-refractivity contribution in [3.05, 3.63) is 11.6 Å². The highest BCUT2D eigenvalue weighted by atomic mass is 16.2. The van der Waals surface area contributed by atoms with Crippen molar-refractivity contribution in [2.75, 3.05) is 6.54 Å². The lowest BCUT2D eigenvalue weighted by Gasteiger charge is -2.12. The first-order valence-corrected chi connectivity index (χ1v) is 7.68. The van der Waals surface area contributed by atoms with Gasteiger partial charge in [-0.2, -0.15) is 0 Å². The van der Waals surface area contributed by atoms with Crippen LogP contribution in [0, 0.1) is 5.92 Å². The van der Waals surface area contributed by atoms with Crippen molar-refractivity contribution in [3.8, 4) is 0 Å². The molecule has 5 heteroatoms. The van der Waals surface area contributed by atoms with E-state index in [0.29, 0.717) is 6.54 Å². The molecule has 1 fully saturated rings. The van der Waals surface area contributed by atoms with Crippen LogP contribution in [0.1, 0.15) is 75.7 Å². The van der Waals surface area contributed by atoms with Crippen molar-refractivity contribution in [3.63, 3.8) is 0 Å². The summed E-state index contributed by atoms with van der Waals surface area (Å²) in [6, 6.07) is 0. The van der Waals surface area contributed by atoms with E-state index >= 15 is 0 Å². The molecule has 1 aromatic rings. The highest BCUT2D eigenvalue weighted by Crippen LogP contribution is 2.28. The molecule has 0 radical (unpaired) electrons. The van der Waals surface area contributed by atoms with Gasteiger partial charge in [0.15, 0.2) is 0 Å². The summed E-state index contributed by atoms with van der Waals surface area (Å²) in [5.74, 6) is 1.69. The third kappa shape index (κ3) is 4.05. The summed E-state index contributed by atoms with van der Waals surface area (Å²) in [5.41, 5.74) is -0.117. The second kappa shape index (κ2) is 6.37. The standard InChI is InChI=1S/C15H26N4O/c1-15(2,3)14-17-12(18-19-14)13(20)16-10-6-9-11-7-4-5-8-11/h11H,4-10H2,1-3H3,(H,16,20)(H,17,18,19). The van der Waals surface area contributed by atoms with Crippen molar-refractivity contribution in [1.29, 1.82) is 0 Å². The summed E-state index contributed by atoms with van der Waals surface area (Å²) in [5, 5.41) is 9.73. The number of H-pyrrole nitrogens is 1. The van der Waals surface area contributed by atoms with Crippen molar-refractivity contribution < 1.29 is 4.79 Å². The van der Waals surface area contributed by atoms with Crippen LogP contribution in [0.4, 0.5) is 0 Å². The van der Waals surface area contributed by atoms with Gasteiger partial charge in [0, 0.05) is 12.0 Å². The Morgan fingerprint density at radius 3 is 2.65 bits per heavy atom. The van der Waals surface area contributed by atoms with Crippen LogP contribution < -0.4 is 5.32 Å². The van der Waals surface area contributed by atoms with Gasteiger partial charge >= 0.3 is 0 Å². The largest absolute Gasteiger partial charge is 0.349 e. The first-order chi connectivity index (χ1) is 9.47. The second-order valence-electron chi connectivity index (χ2n) is 6.81. The molecule has 5 nitrogen and oxygen atoms in total. The molecule has 0 unspecified atom stereocenters. The van der Waals surface area contributed by atoms with Crippen LogP contribution in [0.5, 0.6) is 0 Å². The van der Waals surface area contributed by atoms with E-state index in [9.17, 15) is 4.79 Å². The quantitative estimate of drug-likeness (QED) is 0.814. The Kier molecular flexibility index (Phi) is 4.78. The van der Waals surface area contributed by atoms with Gasteiger partial charge in [-0.3, -0.25) is 9.89 Å². The molecule has 1 amide bonds. The summed E-state index contributed by atoms with van der Waals surface area (Å²) in [6.45, 7) is 6.83. The van der Waals surface area contributed by atoms with Crippen LogP contribution >= 0.6 is 0 Å². The number of hydrogen-bond donors (Lipinski definition) is 2. The predicted octanol–water partition coefficient (Wildman–Crippen LogP) is 2.80. The molecule has 0 aliphatic heterocycles. The monoisotopic (exact) mass is 278 g/mol. The topological polar surface area (TPSA) is 70.7 Å². The predicted molar refractivity (Wildman–Crippen MR) is 78.6 cm³/mol. The Morgan fingerprint density at radius 2 is 2.05 bits per heavy atom. The van der Waals surface area contributed by atoms with Crippen LogP contribution in [0.15, 0.2) is 0 Å². The van der Waals surface area contributed by atoms with E-state index in [0.717, 1.165) is 18.2 Å². The molecule has 1 saturated carbocycles. The van der Waals surface area contributed by atoms with Crippen LogP contribution in [0.3, 0.4) is 0 Å². The lowest BCUT2D eigenvalue weighted by molar-refractivity contribution is 0.0942. The second-order valence-corrected chi connectivity index (χ2v) is 6.81. The van der Waals surface area contributed by atoms with E-state index in [1.807, 2.05) is 20.8 Å². The van der Waals surface area contributed by atoms with E-state index in [-0.39, 0.29) is 17.1 Å². The zero-order valence-electron chi connectivity index (χ0n) is 12.8. The summed E-state index contributed by atoms with van der Waals surface area (Å²) in [4.78, 5) is 16.2. The molecule has 20 heavy (non-hydrogen) atoms. The molecule has 0 atom stereocenters. The number of nitrogens with one attached hydrogen (secondary N) is 2. The van der Waals surface area contributed by atoms with E-state index in [4.69, 9.17) is 0 Å². The first-order valence-electron chi connectivity index (χ1n) is 7.68. The van der Waals surface area contributed by atoms with Gasteiger partial charge in [0.2, 0.25) is 5.82 Å². The van der Waals surface area contributed by atoms with E-state index in [1.165, 1.54) is 32.1 Å². The Labute approximate surface area is 120 Å². The van der Waals surface area contributed by atoms with Gasteiger partial charge in [-0.1, -0.05) is 46.5 Å². The summed E-state index contributed by atoms with van der Waals surface area (Å²) < 4.78 is 0. The highest BCUT2D eigenvalue weighted by Gasteiger charge is 2.21. The van der Waals surface area contributed by atoms with Gasteiger partial charge in [-0.15, -0.1) is 5.10 Å². The van der Waals surface area contributed by atoms with Crippen LogP contribution in [-0.4, -0.2) is 27.6 Å². The Balaban J connectivity index is 1.72. The zero-order valence-corrected chi connectivity index (χ0v) is 12.8. The van der Waals surface area contributed by atoms with Crippen molar-refractivity contribution in [2.45, 2.75) is 64.7 Å². The number of hydrogen-bond acceptors (Lipinski definition) is 3. The van der Waals surface area contributed by atoms with Gasteiger partial charge < -0.3 is 5.32 Å². The lowest BCUT2D eigenvalue weighted by Crippen LogP contribution is -2.26. The van der Waals surface area contributed by atoms with Crippen LogP contribution in [-0.2, 0) is 5.41 Å². The van der Waals surface area contributed by atoms with Crippen molar-refractivity contribution >= 4 is 5.91 Å². The SMILES string of the molecule is CC(C)(C)c1nc(C(=O)NCCCC2CCCC2)n[nH]1. The first kappa shape index (κ1) is 15.0. The minimum absolute atomic E-state index is 0.117. The summed E-state index contributed by atoms with van der Waals surface area (Å²) in [7, 11) is 0. The van der Waals surface area contributed by atoms with Crippen molar-refractivity contribution in [1.82, 2.24) is 20.5 Å². The number of nitrogens with zero attached hydrogens (tertiary/aromatic N) is 2. The number of amides is 1. The molecular weight excluding hydrogens is 252 g/mol. The molecule has 2 rings (SSSR count). The molecular formula is C15H26N4O. The number of aromatic amines is 1. The van der Waals surface area contributed by atoms with E-state index in [2.05, 4.69) is 20.5 Å². The molecule has 1 aliphatic carbocycles. The van der Waals surface area contributed by atoms with Gasteiger partial charge in [-0.25, -0.2) is 4.98 Å². The van der Waals surface area contributed by atoms with Gasteiger partial charge in [-0.05, 0) is 18.8 Å². The summed E-state index contributed by atoms with van der Waals surface area (Å²) in [6.07, 6.45) is 7.76. The summed E-state index contributed by atoms with van der Waals surface area (Å²) >= 11 is 0. The molecule has 1 aliphatic rings. The molecule has 0 saturated heterocycles. The fourth-order valence-electron chi connectivity index (χ4n) is 2.67. The third-order valence-electron chi connectivity index (χ3n) is 3.95. The number of aromatic nitrogens is 3. The van der Waals surface area contributed by atoms with E-state index < -0.39 is 0 Å². The normalized spacial score (nSPS) is 16.6. The third-order valence-corrected chi connectivity index (χ3v) is 3.95. The molecule has 0 aromatic carbocycles. The molecule has 112 valence electrons. The number of rotatable bonds is 5. The molecule has 0 spiro atoms. The maximum atomic E-state index is 11.9. The number of carbonyl (C=O) groups is 1. The Bertz CT molecular complexity index is 441. The molecule has 0 bridgehead atoms. The van der Waals surface area contributed by atoms with Gasteiger partial charge in [0.05, 0.1) is 0 Å². The molecule has 2 N–H and O–H groups in total.